The maximum Gasteiger partial charge on any atom is 0.434 e. The van der Waals surface area contributed by atoms with Gasteiger partial charge in [-0.05, 0) is 0 Å². The number of aromatic nitrogens is 3. The van der Waals surface area contributed by atoms with Gasteiger partial charge >= 0.3 is 6.18 Å². The SMILES string of the molecule is CN=C(NCc1noc(C)n1)NCc1nc(C(F)(F)F)cs1.I. The molecule has 0 atom stereocenters. The van der Waals surface area contributed by atoms with Crippen LogP contribution in [0.3, 0.4) is 0 Å². The van der Waals surface area contributed by atoms with E-state index in [1.54, 1.807) is 14.0 Å². The lowest BCUT2D eigenvalue weighted by Crippen LogP contribution is -2.36. The molecule has 2 rings (SSSR count). The minimum absolute atomic E-state index is 0. The molecule has 0 bridgehead atoms. The minimum atomic E-state index is -4.43. The summed E-state index contributed by atoms with van der Waals surface area (Å²) in [5.41, 5.74) is -0.889. The summed E-state index contributed by atoms with van der Waals surface area (Å²) in [6.07, 6.45) is -4.43. The molecule has 12 heteroatoms. The number of halogens is 4. The topological polar surface area (TPSA) is 88.2 Å². The minimum Gasteiger partial charge on any atom is -0.350 e. The molecule has 0 radical (unpaired) electrons. The lowest BCUT2D eigenvalue weighted by atomic mass is 10.5. The van der Waals surface area contributed by atoms with Crippen molar-refractivity contribution in [3.05, 3.63) is 27.8 Å². The standard InChI is InChI=1S/C11H13F3N6OS.HI/c1-6-18-8(20-21-6)3-16-10(15-2)17-4-9-19-7(5-22-9)11(12,13)14;/h5H,3-4H2,1-2H3,(H2,15,16,17);1H. The molecular formula is C11H14F3IN6OS. The first kappa shape index (κ1) is 19.6. The third-order valence-electron chi connectivity index (χ3n) is 2.46. The molecule has 2 aromatic heterocycles. The zero-order chi connectivity index (χ0) is 16.2. The fourth-order valence-corrected chi connectivity index (χ4v) is 2.22. The Bertz CT molecular complexity index is 656. The van der Waals surface area contributed by atoms with Gasteiger partial charge in [0.15, 0.2) is 17.5 Å². The lowest BCUT2D eigenvalue weighted by molar-refractivity contribution is -0.140. The summed E-state index contributed by atoms with van der Waals surface area (Å²) < 4.78 is 42.1. The number of aryl methyl sites for hydroxylation is 1. The van der Waals surface area contributed by atoms with E-state index >= 15 is 0 Å². The first-order valence-electron chi connectivity index (χ1n) is 6.14. The second-order valence-electron chi connectivity index (χ2n) is 4.13. The van der Waals surface area contributed by atoms with E-state index in [1.165, 1.54) is 0 Å². The molecule has 0 aliphatic carbocycles. The lowest BCUT2D eigenvalue weighted by Gasteiger charge is -2.08. The van der Waals surface area contributed by atoms with E-state index in [9.17, 15) is 13.2 Å². The van der Waals surface area contributed by atoms with Gasteiger partial charge < -0.3 is 15.2 Å². The fraction of sp³-hybridized carbons (Fsp3) is 0.455. The summed E-state index contributed by atoms with van der Waals surface area (Å²) in [5.74, 6) is 1.29. The van der Waals surface area contributed by atoms with E-state index < -0.39 is 11.9 Å². The predicted molar refractivity (Wildman–Crippen MR) is 88.6 cm³/mol. The van der Waals surface area contributed by atoms with Crippen LogP contribution in [0.4, 0.5) is 13.2 Å². The van der Waals surface area contributed by atoms with Crippen LogP contribution in [0, 0.1) is 6.92 Å². The molecule has 128 valence electrons. The number of nitrogens with zero attached hydrogens (tertiary/aromatic N) is 4. The van der Waals surface area contributed by atoms with Crippen LogP contribution in [0.5, 0.6) is 0 Å². The largest absolute Gasteiger partial charge is 0.434 e. The van der Waals surface area contributed by atoms with Crippen molar-refractivity contribution in [3.63, 3.8) is 0 Å². The van der Waals surface area contributed by atoms with Gasteiger partial charge in [0, 0.05) is 19.4 Å². The van der Waals surface area contributed by atoms with E-state index in [2.05, 4.69) is 30.8 Å². The quantitative estimate of drug-likeness (QED) is 0.412. The third kappa shape index (κ3) is 5.93. The maximum absolute atomic E-state index is 12.4. The van der Waals surface area contributed by atoms with Crippen LogP contribution in [0.1, 0.15) is 22.4 Å². The van der Waals surface area contributed by atoms with Crippen molar-refractivity contribution in [1.82, 2.24) is 25.8 Å². The van der Waals surface area contributed by atoms with Gasteiger partial charge in [-0.25, -0.2) is 4.98 Å². The molecule has 0 aliphatic rings. The molecule has 23 heavy (non-hydrogen) atoms. The van der Waals surface area contributed by atoms with E-state index in [4.69, 9.17) is 4.52 Å². The van der Waals surface area contributed by atoms with E-state index in [1.807, 2.05) is 0 Å². The first-order valence-corrected chi connectivity index (χ1v) is 7.01. The molecule has 2 N–H and O–H groups in total. The normalized spacial score (nSPS) is 12.0. The first-order chi connectivity index (χ1) is 10.4. The maximum atomic E-state index is 12.4. The van der Waals surface area contributed by atoms with E-state index in [0.29, 0.717) is 22.7 Å². The molecule has 0 aliphatic heterocycles. The molecule has 0 spiro atoms. The van der Waals surface area contributed by atoms with Gasteiger partial charge in [-0.3, -0.25) is 4.99 Å². The summed E-state index contributed by atoms with van der Waals surface area (Å²) in [5, 5.41) is 10.8. The average molecular weight is 462 g/mol. The second-order valence-corrected chi connectivity index (χ2v) is 5.08. The van der Waals surface area contributed by atoms with Crippen molar-refractivity contribution in [2.45, 2.75) is 26.2 Å². The summed E-state index contributed by atoms with van der Waals surface area (Å²) in [4.78, 5) is 11.5. The molecule has 7 nitrogen and oxygen atoms in total. The van der Waals surface area contributed by atoms with Crippen LogP contribution in [-0.4, -0.2) is 28.1 Å². The summed E-state index contributed by atoms with van der Waals surface area (Å²) in [6, 6.07) is 0. The van der Waals surface area contributed by atoms with Gasteiger partial charge in [0.25, 0.3) is 0 Å². The summed E-state index contributed by atoms with van der Waals surface area (Å²) in [6.45, 7) is 2.08. The van der Waals surface area contributed by atoms with Crippen molar-refractivity contribution in [3.8, 4) is 0 Å². The van der Waals surface area contributed by atoms with Gasteiger partial charge in [-0.2, -0.15) is 18.2 Å². The Kier molecular flexibility index (Phi) is 7.18. The molecule has 0 unspecified atom stereocenters. The number of nitrogens with one attached hydrogen (secondary N) is 2. The molecule has 0 saturated carbocycles. The molecule has 2 aromatic rings. The Morgan fingerprint density at radius 2 is 2.00 bits per heavy atom. The summed E-state index contributed by atoms with van der Waals surface area (Å²) in [7, 11) is 1.54. The number of rotatable bonds is 4. The predicted octanol–water partition coefficient (Wildman–Crippen LogP) is 2.34. The second kappa shape index (κ2) is 8.42. The number of hydrogen-bond acceptors (Lipinski definition) is 6. The fourth-order valence-electron chi connectivity index (χ4n) is 1.48. The van der Waals surface area contributed by atoms with Gasteiger partial charge in [-0.1, -0.05) is 5.16 Å². The molecular weight excluding hydrogens is 448 g/mol. The highest BCUT2D eigenvalue weighted by molar-refractivity contribution is 14.0. The van der Waals surface area contributed by atoms with Gasteiger partial charge in [0.1, 0.15) is 5.01 Å². The summed E-state index contributed by atoms with van der Waals surface area (Å²) >= 11 is 0.931. The molecule has 0 aromatic carbocycles. The molecule has 2 heterocycles. The zero-order valence-electron chi connectivity index (χ0n) is 12.1. The van der Waals surface area contributed by atoms with Crippen molar-refractivity contribution < 1.29 is 17.7 Å². The Balaban J connectivity index is 0.00000264. The molecule has 0 amide bonds. The number of thiazole rings is 1. The third-order valence-corrected chi connectivity index (χ3v) is 3.31. The Morgan fingerprint density at radius 1 is 1.30 bits per heavy atom. The highest BCUT2D eigenvalue weighted by atomic mass is 127. The van der Waals surface area contributed by atoms with E-state index in [0.717, 1.165) is 16.7 Å². The highest BCUT2D eigenvalue weighted by Crippen LogP contribution is 2.29. The van der Waals surface area contributed by atoms with Crippen LogP contribution < -0.4 is 10.6 Å². The molecule has 0 saturated heterocycles. The van der Waals surface area contributed by atoms with Crippen molar-refractivity contribution in [2.24, 2.45) is 4.99 Å². The smallest absolute Gasteiger partial charge is 0.350 e. The highest BCUT2D eigenvalue weighted by Gasteiger charge is 2.33. The van der Waals surface area contributed by atoms with Crippen LogP contribution >= 0.6 is 35.3 Å². The number of guanidine groups is 1. The van der Waals surface area contributed by atoms with Crippen LogP contribution in [0.25, 0.3) is 0 Å². The average Bonchev–Trinajstić information content (AvgIpc) is 3.07. The van der Waals surface area contributed by atoms with Gasteiger partial charge in [0.2, 0.25) is 5.89 Å². The zero-order valence-corrected chi connectivity index (χ0v) is 15.3. The Hall–Kier alpha value is -1.44. The van der Waals surface area contributed by atoms with Crippen molar-refractivity contribution in [2.75, 3.05) is 7.05 Å². The van der Waals surface area contributed by atoms with Crippen molar-refractivity contribution >= 4 is 41.3 Å². The monoisotopic (exact) mass is 462 g/mol. The molecule has 0 fully saturated rings. The van der Waals surface area contributed by atoms with Crippen LogP contribution in [-0.2, 0) is 19.3 Å². The van der Waals surface area contributed by atoms with Gasteiger partial charge in [0.05, 0.1) is 13.1 Å². The number of aliphatic imine (C=N–C) groups is 1. The van der Waals surface area contributed by atoms with Crippen molar-refractivity contribution in [1.29, 1.82) is 0 Å². The number of alkyl halides is 3. The van der Waals surface area contributed by atoms with Crippen LogP contribution in [0.15, 0.2) is 14.9 Å². The Labute approximate surface area is 150 Å². The van der Waals surface area contributed by atoms with Crippen LogP contribution in [0.2, 0.25) is 0 Å². The number of hydrogen-bond donors (Lipinski definition) is 2. The van der Waals surface area contributed by atoms with Gasteiger partial charge in [-0.15, -0.1) is 35.3 Å². The van der Waals surface area contributed by atoms with E-state index in [-0.39, 0.29) is 37.1 Å². The Morgan fingerprint density at radius 3 is 2.52 bits per heavy atom.